The number of ether oxygens (including phenoxy) is 2. The lowest BCUT2D eigenvalue weighted by molar-refractivity contribution is -0.115. The van der Waals surface area contributed by atoms with Crippen molar-refractivity contribution in [3.05, 3.63) is 24.0 Å². The van der Waals surface area contributed by atoms with Gasteiger partial charge in [0.05, 0.1) is 12.7 Å². The molecule has 0 saturated heterocycles. The van der Waals surface area contributed by atoms with E-state index >= 15 is 0 Å². The lowest BCUT2D eigenvalue weighted by atomic mass is 9.92. The smallest absolute Gasteiger partial charge is 0.143 e. The summed E-state index contributed by atoms with van der Waals surface area (Å²) < 4.78 is 10.9. The van der Waals surface area contributed by atoms with Gasteiger partial charge in [-0.1, -0.05) is 6.92 Å². The third kappa shape index (κ3) is 2.96. The van der Waals surface area contributed by atoms with Crippen molar-refractivity contribution < 1.29 is 14.6 Å². The van der Waals surface area contributed by atoms with Crippen molar-refractivity contribution in [3.8, 4) is 5.75 Å². The first kappa shape index (κ1) is 13.9. The Morgan fingerprint density at radius 1 is 1.47 bits per heavy atom. The van der Waals surface area contributed by atoms with Gasteiger partial charge in [-0.3, -0.25) is 4.98 Å². The molecule has 0 bridgehead atoms. The number of rotatable bonds is 6. The van der Waals surface area contributed by atoms with Crippen LogP contribution in [0.3, 0.4) is 0 Å². The highest BCUT2D eigenvalue weighted by atomic mass is 16.5. The van der Waals surface area contributed by atoms with E-state index in [2.05, 4.69) is 4.98 Å². The van der Waals surface area contributed by atoms with Crippen LogP contribution < -0.4 is 4.74 Å². The standard InChI is InChI=1S/C13H21NO3/c1-5-13(3,17-6-2)12(15)11-10(16-4)8-7-9-14-11/h7-9,12,15H,5-6H2,1-4H3. The van der Waals surface area contributed by atoms with E-state index < -0.39 is 11.7 Å². The molecule has 1 aromatic heterocycles. The molecular formula is C13H21NO3. The molecule has 2 atom stereocenters. The normalized spacial score (nSPS) is 16.3. The molecule has 1 heterocycles. The molecule has 4 nitrogen and oxygen atoms in total. The first-order valence-corrected chi connectivity index (χ1v) is 5.90. The van der Waals surface area contributed by atoms with Crippen LogP contribution >= 0.6 is 0 Å². The Bertz CT molecular complexity index is 356. The molecule has 0 aliphatic rings. The van der Waals surface area contributed by atoms with Crippen molar-refractivity contribution >= 4 is 0 Å². The number of methoxy groups -OCH3 is 1. The Balaban J connectivity index is 3.05. The van der Waals surface area contributed by atoms with Gasteiger partial charge in [0.2, 0.25) is 0 Å². The molecule has 4 heteroatoms. The molecular weight excluding hydrogens is 218 g/mol. The van der Waals surface area contributed by atoms with E-state index in [0.29, 0.717) is 24.5 Å². The summed E-state index contributed by atoms with van der Waals surface area (Å²) in [5.74, 6) is 0.583. The molecule has 0 radical (unpaired) electrons. The van der Waals surface area contributed by atoms with Crippen molar-refractivity contribution in [1.82, 2.24) is 4.98 Å². The molecule has 1 rings (SSSR count). The monoisotopic (exact) mass is 239 g/mol. The Labute approximate surface area is 103 Å². The van der Waals surface area contributed by atoms with Gasteiger partial charge in [-0.15, -0.1) is 0 Å². The van der Waals surface area contributed by atoms with Gasteiger partial charge in [0.1, 0.15) is 17.5 Å². The van der Waals surface area contributed by atoms with Gasteiger partial charge in [-0.2, -0.15) is 0 Å². The second-order valence-electron chi connectivity index (χ2n) is 4.09. The van der Waals surface area contributed by atoms with Gasteiger partial charge in [-0.05, 0) is 32.4 Å². The number of aromatic nitrogens is 1. The van der Waals surface area contributed by atoms with Crippen LogP contribution in [0.2, 0.25) is 0 Å². The molecule has 2 unspecified atom stereocenters. The van der Waals surface area contributed by atoms with E-state index in [0.717, 1.165) is 0 Å². The van der Waals surface area contributed by atoms with Crippen molar-refractivity contribution in [2.45, 2.75) is 38.9 Å². The van der Waals surface area contributed by atoms with Gasteiger partial charge >= 0.3 is 0 Å². The van der Waals surface area contributed by atoms with Gasteiger partial charge < -0.3 is 14.6 Å². The molecule has 0 fully saturated rings. The van der Waals surface area contributed by atoms with Crippen LogP contribution in [0, 0.1) is 0 Å². The minimum Gasteiger partial charge on any atom is -0.495 e. The van der Waals surface area contributed by atoms with Crippen molar-refractivity contribution in [2.24, 2.45) is 0 Å². The molecule has 0 aromatic carbocycles. The minimum atomic E-state index is -0.802. The van der Waals surface area contributed by atoms with Gasteiger partial charge in [-0.25, -0.2) is 0 Å². The Kier molecular flexibility index (Phi) is 4.90. The van der Waals surface area contributed by atoms with E-state index in [1.54, 1.807) is 25.4 Å². The van der Waals surface area contributed by atoms with E-state index in [4.69, 9.17) is 9.47 Å². The molecule has 1 aromatic rings. The largest absolute Gasteiger partial charge is 0.495 e. The van der Waals surface area contributed by atoms with Crippen molar-refractivity contribution in [3.63, 3.8) is 0 Å². The van der Waals surface area contributed by atoms with Crippen LogP contribution in [0.5, 0.6) is 5.75 Å². The first-order valence-electron chi connectivity index (χ1n) is 5.90. The maximum atomic E-state index is 10.4. The summed E-state index contributed by atoms with van der Waals surface area (Å²) in [5.41, 5.74) is -0.121. The molecule has 17 heavy (non-hydrogen) atoms. The number of pyridine rings is 1. The lowest BCUT2D eigenvalue weighted by Crippen LogP contribution is -2.36. The highest BCUT2D eigenvalue weighted by molar-refractivity contribution is 5.30. The predicted octanol–water partition coefficient (Wildman–Crippen LogP) is 2.33. The number of nitrogens with zero attached hydrogens (tertiary/aromatic N) is 1. The summed E-state index contributed by atoms with van der Waals surface area (Å²) >= 11 is 0. The molecule has 1 N–H and O–H groups in total. The zero-order valence-corrected chi connectivity index (χ0v) is 10.9. The average molecular weight is 239 g/mol. The van der Waals surface area contributed by atoms with E-state index in [1.165, 1.54) is 0 Å². The average Bonchev–Trinajstić information content (AvgIpc) is 2.38. The molecule has 0 amide bonds. The van der Waals surface area contributed by atoms with Crippen LogP contribution in [-0.4, -0.2) is 29.4 Å². The second kappa shape index (κ2) is 5.98. The summed E-state index contributed by atoms with van der Waals surface area (Å²) in [6.45, 7) is 6.33. The first-order chi connectivity index (χ1) is 8.09. The molecule has 0 spiro atoms. The van der Waals surface area contributed by atoms with Crippen LogP contribution in [0.25, 0.3) is 0 Å². The third-order valence-corrected chi connectivity index (χ3v) is 3.03. The van der Waals surface area contributed by atoms with Crippen LogP contribution in [0.1, 0.15) is 39.0 Å². The van der Waals surface area contributed by atoms with E-state index in [9.17, 15) is 5.11 Å². The predicted molar refractivity (Wildman–Crippen MR) is 66.1 cm³/mol. The quantitative estimate of drug-likeness (QED) is 0.827. The summed E-state index contributed by atoms with van der Waals surface area (Å²) in [5, 5.41) is 10.4. The van der Waals surface area contributed by atoms with Crippen LogP contribution in [0.4, 0.5) is 0 Å². The molecule has 0 aliphatic carbocycles. The van der Waals surface area contributed by atoms with Crippen LogP contribution in [-0.2, 0) is 4.74 Å². The second-order valence-corrected chi connectivity index (χ2v) is 4.09. The molecule has 0 saturated carbocycles. The maximum Gasteiger partial charge on any atom is 0.143 e. The lowest BCUT2D eigenvalue weighted by Gasteiger charge is -2.33. The number of hydrogen-bond acceptors (Lipinski definition) is 4. The van der Waals surface area contributed by atoms with Crippen molar-refractivity contribution in [1.29, 1.82) is 0 Å². The summed E-state index contributed by atoms with van der Waals surface area (Å²) in [4.78, 5) is 4.19. The number of aliphatic hydroxyl groups excluding tert-OH is 1. The summed E-state index contributed by atoms with van der Waals surface area (Å²) in [6, 6.07) is 3.56. The van der Waals surface area contributed by atoms with Gasteiger partial charge in [0, 0.05) is 12.8 Å². The topological polar surface area (TPSA) is 51.6 Å². The maximum absolute atomic E-state index is 10.4. The highest BCUT2D eigenvalue weighted by Gasteiger charge is 2.35. The number of hydrogen-bond donors (Lipinski definition) is 1. The van der Waals surface area contributed by atoms with Crippen molar-refractivity contribution in [2.75, 3.05) is 13.7 Å². The fraction of sp³-hybridized carbons (Fsp3) is 0.615. The Morgan fingerprint density at radius 3 is 2.71 bits per heavy atom. The minimum absolute atomic E-state index is 0.521. The molecule has 96 valence electrons. The third-order valence-electron chi connectivity index (χ3n) is 3.03. The zero-order chi connectivity index (χ0) is 12.9. The SMILES string of the molecule is CCOC(C)(CC)C(O)c1ncccc1OC. The summed E-state index contributed by atoms with van der Waals surface area (Å²) in [6.07, 6.45) is 1.54. The number of aliphatic hydroxyl groups is 1. The van der Waals surface area contributed by atoms with E-state index in [-0.39, 0.29) is 0 Å². The molecule has 0 aliphatic heterocycles. The summed E-state index contributed by atoms with van der Waals surface area (Å²) in [7, 11) is 1.57. The fourth-order valence-electron chi connectivity index (χ4n) is 1.77. The van der Waals surface area contributed by atoms with E-state index in [1.807, 2.05) is 20.8 Å². The Hall–Kier alpha value is -1.13. The van der Waals surface area contributed by atoms with Gasteiger partial charge in [0.15, 0.2) is 0 Å². The Morgan fingerprint density at radius 2 is 2.18 bits per heavy atom. The fourth-order valence-corrected chi connectivity index (χ4v) is 1.77. The van der Waals surface area contributed by atoms with Gasteiger partial charge in [0.25, 0.3) is 0 Å². The van der Waals surface area contributed by atoms with Crippen LogP contribution in [0.15, 0.2) is 18.3 Å². The highest BCUT2D eigenvalue weighted by Crippen LogP contribution is 2.35. The zero-order valence-electron chi connectivity index (χ0n) is 10.9.